The van der Waals surface area contributed by atoms with E-state index in [1.54, 1.807) is 14.2 Å². The minimum absolute atomic E-state index is 0.497. The van der Waals surface area contributed by atoms with E-state index < -0.39 is 0 Å². The van der Waals surface area contributed by atoms with Crippen LogP contribution in [-0.2, 0) is 13.2 Å². The predicted molar refractivity (Wildman–Crippen MR) is 104 cm³/mol. The van der Waals surface area contributed by atoms with Crippen molar-refractivity contribution in [3.8, 4) is 17.2 Å². The van der Waals surface area contributed by atoms with Gasteiger partial charge < -0.3 is 19.5 Å². The van der Waals surface area contributed by atoms with Gasteiger partial charge in [-0.2, -0.15) is 0 Å². The highest BCUT2D eigenvalue weighted by molar-refractivity contribution is 5.51. The number of ether oxygens (including phenoxy) is 3. The predicted octanol–water partition coefficient (Wildman–Crippen LogP) is 4.89. The van der Waals surface area contributed by atoms with Gasteiger partial charge in [-0.25, -0.2) is 0 Å². The van der Waals surface area contributed by atoms with Gasteiger partial charge in [0.1, 0.15) is 12.4 Å². The van der Waals surface area contributed by atoms with Crippen molar-refractivity contribution >= 4 is 5.69 Å². The summed E-state index contributed by atoms with van der Waals surface area (Å²) in [5.41, 5.74) is 3.17. The molecule has 4 nitrogen and oxygen atoms in total. The van der Waals surface area contributed by atoms with Crippen molar-refractivity contribution in [1.82, 2.24) is 0 Å². The lowest BCUT2D eigenvalue weighted by Gasteiger charge is -2.16. The molecule has 0 aromatic heterocycles. The Balaban J connectivity index is 1.73. The summed E-state index contributed by atoms with van der Waals surface area (Å²) in [6, 6.07) is 23.9. The number of benzene rings is 3. The lowest BCUT2D eigenvalue weighted by molar-refractivity contribution is 0.281. The van der Waals surface area contributed by atoms with Crippen molar-refractivity contribution in [2.45, 2.75) is 13.2 Å². The summed E-state index contributed by atoms with van der Waals surface area (Å²) in [7, 11) is 3.32. The van der Waals surface area contributed by atoms with E-state index in [2.05, 4.69) is 5.32 Å². The Bertz CT molecular complexity index is 817. The molecule has 0 spiro atoms. The summed E-state index contributed by atoms with van der Waals surface area (Å²) in [4.78, 5) is 0. The lowest BCUT2D eigenvalue weighted by atomic mass is 10.1. The molecule has 134 valence electrons. The Morgan fingerprint density at radius 3 is 2.23 bits per heavy atom. The van der Waals surface area contributed by atoms with Crippen LogP contribution in [0, 0.1) is 0 Å². The number of nitrogens with one attached hydrogen (secondary N) is 1. The molecule has 3 aromatic carbocycles. The average Bonchev–Trinajstić information content (AvgIpc) is 2.72. The summed E-state index contributed by atoms with van der Waals surface area (Å²) in [5, 5.41) is 3.41. The molecule has 3 rings (SSSR count). The van der Waals surface area contributed by atoms with Crippen LogP contribution in [0.15, 0.2) is 72.8 Å². The van der Waals surface area contributed by atoms with Crippen LogP contribution in [-0.4, -0.2) is 14.2 Å². The first-order valence-electron chi connectivity index (χ1n) is 8.50. The summed E-state index contributed by atoms with van der Waals surface area (Å²) < 4.78 is 16.8. The molecule has 26 heavy (non-hydrogen) atoms. The highest BCUT2D eigenvalue weighted by atomic mass is 16.5. The molecule has 1 N–H and O–H groups in total. The Kier molecular flexibility index (Phi) is 5.99. The molecular formula is C22H23NO3. The average molecular weight is 349 g/mol. The van der Waals surface area contributed by atoms with Crippen LogP contribution in [0.25, 0.3) is 0 Å². The van der Waals surface area contributed by atoms with E-state index in [-0.39, 0.29) is 0 Å². The maximum Gasteiger partial charge on any atom is 0.166 e. The van der Waals surface area contributed by atoms with Gasteiger partial charge in [-0.3, -0.25) is 0 Å². The van der Waals surface area contributed by atoms with E-state index in [1.165, 1.54) is 0 Å². The fraction of sp³-hybridized carbons (Fsp3) is 0.182. The fourth-order valence-electron chi connectivity index (χ4n) is 2.66. The zero-order valence-corrected chi connectivity index (χ0v) is 15.1. The molecule has 0 aliphatic heterocycles. The van der Waals surface area contributed by atoms with Gasteiger partial charge in [-0.1, -0.05) is 42.5 Å². The maximum atomic E-state index is 6.09. The second-order valence-electron chi connectivity index (χ2n) is 5.80. The van der Waals surface area contributed by atoms with Crippen LogP contribution in [0.2, 0.25) is 0 Å². The number of rotatable bonds is 8. The Labute approximate surface area is 154 Å². The maximum absolute atomic E-state index is 6.09. The van der Waals surface area contributed by atoms with Crippen LogP contribution < -0.4 is 19.5 Å². The Hall–Kier alpha value is -3.14. The van der Waals surface area contributed by atoms with Gasteiger partial charge in [0.05, 0.1) is 14.2 Å². The monoisotopic (exact) mass is 349 g/mol. The highest BCUT2D eigenvalue weighted by Crippen LogP contribution is 2.32. The third-order valence-electron chi connectivity index (χ3n) is 4.08. The minimum atomic E-state index is 0.497. The van der Waals surface area contributed by atoms with E-state index >= 15 is 0 Å². The Morgan fingerprint density at radius 1 is 0.769 bits per heavy atom. The molecule has 0 heterocycles. The lowest BCUT2D eigenvalue weighted by Crippen LogP contribution is -2.05. The molecule has 0 amide bonds. The molecule has 4 heteroatoms. The van der Waals surface area contributed by atoms with Gasteiger partial charge in [0.15, 0.2) is 11.5 Å². The van der Waals surface area contributed by atoms with Gasteiger partial charge >= 0.3 is 0 Å². The van der Waals surface area contributed by atoms with E-state index in [1.807, 2.05) is 72.8 Å². The Morgan fingerprint density at radius 2 is 1.54 bits per heavy atom. The van der Waals surface area contributed by atoms with Crippen LogP contribution >= 0.6 is 0 Å². The van der Waals surface area contributed by atoms with E-state index in [0.717, 1.165) is 34.1 Å². The van der Waals surface area contributed by atoms with Crippen molar-refractivity contribution < 1.29 is 14.2 Å². The molecule has 0 radical (unpaired) electrons. The van der Waals surface area contributed by atoms with Crippen molar-refractivity contribution in [3.63, 3.8) is 0 Å². The van der Waals surface area contributed by atoms with E-state index in [4.69, 9.17) is 14.2 Å². The molecule has 0 bridgehead atoms. The summed E-state index contributed by atoms with van der Waals surface area (Å²) in [6.07, 6.45) is 0. The van der Waals surface area contributed by atoms with Crippen molar-refractivity contribution in [2.24, 2.45) is 0 Å². The first kappa shape index (κ1) is 17.7. The summed E-state index contributed by atoms with van der Waals surface area (Å²) >= 11 is 0. The second kappa shape index (κ2) is 8.81. The van der Waals surface area contributed by atoms with E-state index in [9.17, 15) is 0 Å². The van der Waals surface area contributed by atoms with Crippen molar-refractivity contribution in [1.29, 1.82) is 0 Å². The first-order chi connectivity index (χ1) is 12.8. The van der Waals surface area contributed by atoms with Gasteiger partial charge in [0.25, 0.3) is 0 Å². The van der Waals surface area contributed by atoms with Gasteiger partial charge in [0.2, 0.25) is 0 Å². The number of anilines is 1. The van der Waals surface area contributed by atoms with Crippen LogP contribution in [0.5, 0.6) is 17.2 Å². The number of methoxy groups -OCH3 is 2. The molecule has 0 fully saturated rings. The number of hydrogen-bond donors (Lipinski definition) is 1. The smallest absolute Gasteiger partial charge is 0.166 e. The van der Waals surface area contributed by atoms with E-state index in [0.29, 0.717) is 13.2 Å². The largest absolute Gasteiger partial charge is 0.497 e. The van der Waals surface area contributed by atoms with Gasteiger partial charge in [-0.15, -0.1) is 0 Å². The highest BCUT2D eigenvalue weighted by Gasteiger charge is 2.11. The third-order valence-corrected chi connectivity index (χ3v) is 4.08. The number of hydrogen-bond acceptors (Lipinski definition) is 4. The third kappa shape index (κ3) is 4.48. The molecule has 0 unspecified atom stereocenters. The SMILES string of the molecule is COc1ccc(NCc2cccc(OC)c2OCc2ccccc2)cc1. The van der Waals surface area contributed by atoms with Crippen LogP contribution in [0.3, 0.4) is 0 Å². The van der Waals surface area contributed by atoms with Crippen LogP contribution in [0.4, 0.5) is 5.69 Å². The van der Waals surface area contributed by atoms with Crippen molar-refractivity contribution in [3.05, 3.63) is 83.9 Å². The molecule has 0 aliphatic carbocycles. The minimum Gasteiger partial charge on any atom is -0.497 e. The molecule has 0 atom stereocenters. The van der Waals surface area contributed by atoms with Gasteiger partial charge in [0, 0.05) is 17.8 Å². The zero-order valence-electron chi connectivity index (χ0n) is 15.1. The molecule has 3 aromatic rings. The summed E-state index contributed by atoms with van der Waals surface area (Å²) in [5.74, 6) is 2.33. The normalized spacial score (nSPS) is 10.2. The van der Waals surface area contributed by atoms with Crippen LogP contribution in [0.1, 0.15) is 11.1 Å². The zero-order chi connectivity index (χ0) is 18.2. The van der Waals surface area contributed by atoms with Crippen molar-refractivity contribution in [2.75, 3.05) is 19.5 Å². The summed E-state index contributed by atoms with van der Waals surface area (Å²) in [6.45, 7) is 1.13. The number of para-hydroxylation sites is 1. The first-order valence-corrected chi connectivity index (χ1v) is 8.50. The molecule has 0 saturated heterocycles. The quantitative estimate of drug-likeness (QED) is 0.628. The second-order valence-corrected chi connectivity index (χ2v) is 5.80. The fourth-order valence-corrected chi connectivity index (χ4v) is 2.66. The topological polar surface area (TPSA) is 39.7 Å². The molecule has 0 aliphatic rings. The molecule has 0 saturated carbocycles. The van der Waals surface area contributed by atoms with Gasteiger partial charge in [-0.05, 0) is 35.9 Å². The standard InChI is InChI=1S/C22H23NO3/c1-24-20-13-11-19(12-14-20)23-15-18-9-6-10-21(25-2)22(18)26-16-17-7-4-3-5-8-17/h3-14,23H,15-16H2,1-2H3. The molecular weight excluding hydrogens is 326 g/mol.